The summed E-state index contributed by atoms with van der Waals surface area (Å²) in [5.74, 6) is 0.776. The zero-order valence-electron chi connectivity index (χ0n) is 17.6. The van der Waals surface area contributed by atoms with E-state index in [9.17, 15) is 9.59 Å². The van der Waals surface area contributed by atoms with Gasteiger partial charge in [0.15, 0.2) is 0 Å². The fourth-order valence-electron chi connectivity index (χ4n) is 4.11. The first-order valence-electron chi connectivity index (χ1n) is 10.7. The van der Waals surface area contributed by atoms with Gasteiger partial charge in [-0.25, -0.2) is 4.79 Å². The van der Waals surface area contributed by atoms with Crippen LogP contribution < -0.4 is 15.0 Å². The molecule has 2 heterocycles. The van der Waals surface area contributed by atoms with Gasteiger partial charge in [-0.1, -0.05) is 42.0 Å². The number of urea groups is 1. The number of ether oxygens (including phenoxy) is 1. The average molecular weight is 408 g/mol. The lowest BCUT2D eigenvalue weighted by molar-refractivity contribution is -0.126. The number of nitrogens with zero attached hydrogens (tertiary/aromatic N) is 2. The SMILES string of the molecule is Cc1ccc(CNC(=O)C2CCN(C(=O)N3C[C@@H](C)Oc4ccccc43)CC2)cc1. The standard InChI is InChI=1S/C24H29N3O3/c1-17-7-9-19(10-8-17)15-25-23(28)20-11-13-26(14-12-20)24(29)27-16-18(2)30-22-6-4-3-5-21(22)27/h3-10,18,20H,11-16H2,1-2H3,(H,25,28)/t18-/m1/s1. The lowest BCUT2D eigenvalue weighted by atomic mass is 9.96. The third kappa shape index (κ3) is 4.42. The van der Waals surface area contributed by atoms with Crippen molar-refractivity contribution in [2.75, 3.05) is 24.5 Å². The number of fused-ring (bicyclic) bond motifs is 1. The Morgan fingerprint density at radius 2 is 1.77 bits per heavy atom. The molecule has 6 heteroatoms. The predicted molar refractivity (Wildman–Crippen MR) is 117 cm³/mol. The number of para-hydroxylation sites is 2. The second kappa shape index (κ2) is 8.78. The summed E-state index contributed by atoms with van der Waals surface area (Å²) in [6.45, 7) is 6.28. The van der Waals surface area contributed by atoms with E-state index in [2.05, 4.69) is 17.4 Å². The van der Waals surface area contributed by atoms with Gasteiger partial charge in [-0.05, 0) is 44.4 Å². The molecule has 0 aromatic heterocycles. The maximum absolute atomic E-state index is 13.2. The van der Waals surface area contributed by atoms with E-state index < -0.39 is 0 Å². The van der Waals surface area contributed by atoms with Crippen molar-refractivity contribution in [1.82, 2.24) is 10.2 Å². The number of benzene rings is 2. The third-order valence-electron chi connectivity index (χ3n) is 5.88. The van der Waals surface area contributed by atoms with E-state index in [-0.39, 0.29) is 24.0 Å². The molecule has 0 unspecified atom stereocenters. The number of nitrogens with one attached hydrogen (secondary N) is 1. The van der Waals surface area contributed by atoms with Crippen LogP contribution in [0.1, 0.15) is 30.9 Å². The van der Waals surface area contributed by atoms with Crippen molar-refractivity contribution in [2.45, 2.75) is 39.3 Å². The van der Waals surface area contributed by atoms with Crippen LogP contribution >= 0.6 is 0 Å². The Morgan fingerprint density at radius 3 is 2.50 bits per heavy atom. The van der Waals surface area contributed by atoms with E-state index in [4.69, 9.17) is 4.74 Å². The minimum Gasteiger partial charge on any atom is -0.487 e. The smallest absolute Gasteiger partial charge is 0.324 e. The summed E-state index contributed by atoms with van der Waals surface area (Å²) in [4.78, 5) is 29.4. The number of anilines is 1. The molecular weight excluding hydrogens is 378 g/mol. The minimum absolute atomic E-state index is 0.00360. The van der Waals surface area contributed by atoms with E-state index in [1.807, 2.05) is 55.1 Å². The molecule has 6 nitrogen and oxygen atoms in total. The van der Waals surface area contributed by atoms with Crippen molar-refractivity contribution in [3.63, 3.8) is 0 Å². The van der Waals surface area contributed by atoms with E-state index >= 15 is 0 Å². The van der Waals surface area contributed by atoms with Gasteiger partial charge in [0.25, 0.3) is 0 Å². The van der Waals surface area contributed by atoms with Crippen molar-refractivity contribution in [3.05, 3.63) is 59.7 Å². The highest BCUT2D eigenvalue weighted by Crippen LogP contribution is 2.34. The van der Waals surface area contributed by atoms with Crippen LogP contribution in [0.4, 0.5) is 10.5 Å². The van der Waals surface area contributed by atoms with Crippen LogP contribution in [0.2, 0.25) is 0 Å². The average Bonchev–Trinajstić information content (AvgIpc) is 2.77. The quantitative estimate of drug-likeness (QED) is 0.843. The van der Waals surface area contributed by atoms with E-state index in [1.165, 1.54) is 5.56 Å². The summed E-state index contributed by atoms with van der Waals surface area (Å²) in [6.07, 6.45) is 1.33. The molecule has 0 saturated carbocycles. The number of likely N-dealkylation sites (tertiary alicyclic amines) is 1. The van der Waals surface area contributed by atoms with Gasteiger partial charge in [0.2, 0.25) is 5.91 Å². The Hall–Kier alpha value is -3.02. The normalized spacial score (nSPS) is 19.1. The van der Waals surface area contributed by atoms with Gasteiger partial charge in [0.05, 0.1) is 12.2 Å². The van der Waals surface area contributed by atoms with Gasteiger partial charge in [-0.15, -0.1) is 0 Å². The fraction of sp³-hybridized carbons (Fsp3) is 0.417. The molecule has 4 rings (SSSR count). The van der Waals surface area contributed by atoms with Gasteiger partial charge < -0.3 is 15.0 Å². The number of piperidine rings is 1. The molecule has 0 radical (unpaired) electrons. The van der Waals surface area contributed by atoms with E-state index in [0.29, 0.717) is 39.0 Å². The molecule has 0 bridgehead atoms. The van der Waals surface area contributed by atoms with Crippen LogP contribution in [-0.4, -0.2) is 42.6 Å². The topological polar surface area (TPSA) is 61.9 Å². The number of hydrogen-bond donors (Lipinski definition) is 1. The number of rotatable bonds is 3. The molecule has 0 spiro atoms. The van der Waals surface area contributed by atoms with Crippen LogP contribution in [0.25, 0.3) is 0 Å². The van der Waals surface area contributed by atoms with Crippen molar-refractivity contribution >= 4 is 17.6 Å². The summed E-state index contributed by atoms with van der Waals surface area (Å²) in [7, 11) is 0. The molecule has 1 fully saturated rings. The number of carbonyl (C=O) groups is 2. The molecule has 1 atom stereocenters. The highest BCUT2D eigenvalue weighted by molar-refractivity contribution is 5.94. The molecule has 0 aliphatic carbocycles. The Kier molecular flexibility index (Phi) is 5.93. The summed E-state index contributed by atoms with van der Waals surface area (Å²) < 4.78 is 5.85. The van der Waals surface area contributed by atoms with Gasteiger partial charge in [-0.3, -0.25) is 9.69 Å². The van der Waals surface area contributed by atoms with Crippen LogP contribution in [0.15, 0.2) is 48.5 Å². The number of aryl methyl sites for hydroxylation is 1. The molecule has 1 saturated heterocycles. The first-order chi connectivity index (χ1) is 14.5. The van der Waals surface area contributed by atoms with Crippen LogP contribution in [0, 0.1) is 12.8 Å². The zero-order valence-corrected chi connectivity index (χ0v) is 17.6. The Labute approximate surface area is 177 Å². The molecule has 158 valence electrons. The molecule has 2 aliphatic heterocycles. The number of carbonyl (C=O) groups excluding carboxylic acids is 2. The van der Waals surface area contributed by atoms with Gasteiger partial charge in [0.1, 0.15) is 11.9 Å². The van der Waals surface area contributed by atoms with Crippen LogP contribution in [0.5, 0.6) is 5.75 Å². The van der Waals surface area contributed by atoms with Crippen molar-refractivity contribution in [3.8, 4) is 5.75 Å². The highest BCUT2D eigenvalue weighted by Gasteiger charge is 2.33. The molecular formula is C24H29N3O3. The first-order valence-corrected chi connectivity index (χ1v) is 10.7. The van der Waals surface area contributed by atoms with Gasteiger partial charge in [0, 0.05) is 25.6 Å². The van der Waals surface area contributed by atoms with Crippen molar-refractivity contribution in [2.24, 2.45) is 5.92 Å². The zero-order chi connectivity index (χ0) is 21.1. The molecule has 1 N–H and O–H groups in total. The summed E-state index contributed by atoms with van der Waals surface area (Å²) in [6, 6.07) is 15.8. The molecule has 2 aliphatic rings. The fourth-order valence-corrected chi connectivity index (χ4v) is 4.11. The second-order valence-corrected chi connectivity index (χ2v) is 8.25. The van der Waals surface area contributed by atoms with Crippen LogP contribution in [-0.2, 0) is 11.3 Å². The predicted octanol–water partition coefficient (Wildman–Crippen LogP) is 3.73. The lowest BCUT2D eigenvalue weighted by Crippen LogP contribution is -2.52. The van der Waals surface area contributed by atoms with Gasteiger partial charge >= 0.3 is 6.03 Å². The number of amides is 3. The summed E-state index contributed by atoms with van der Waals surface area (Å²) in [5, 5.41) is 3.05. The lowest BCUT2D eigenvalue weighted by Gasteiger charge is -2.39. The minimum atomic E-state index is -0.0473. The van der Waals surface area contributed by atoms with E-state index in [0.717, 1.165) is 17.0 Å². The first kappa shape index (κ1) is 20.3. The van der Waals surface area contributed by atoms with Gasteiger partial charge in [-0.2, -0.15) is 0 Å². The summed E-state index contributed by atoms with van der Waals surface area (Å²) in [5.41, 5.74) is 3.12. The number of hydrogen-bond acceptors (Lipinski definition) is 3. The highest BCUT2D eigenvalue weighted by atomic mass is 16.5. The van der Waals surface area contributed by atoms with Crippen molar-refractivity contribution < 1.29 is 14.3 Å². The molecule has 2 aromatic rings. The monoisotopic (exact) mass is 407 g/mol. The maximum Gasteiger partial charge on any atom is 0.324 e. The maximum atomic E-state index is 13.2. The Balaban J connectivity index is 1.31. The Bertz CT molecular complexity index is 904. The van der Waals surface area contributed by atoms with E-state index in [1.54, 1.807) is 4.90 Å². The molecule has 3 amide bonds. The second-order valence-electron chi connectivity index (χ2n) is 8.25. The van der Waals surface area contributed by atoms with Crippen molar-refractivity contribution in [1.29, 1.82) is 0 Å². The molecule has 30 heavy (non-hydrogen) atoms. The Morgan fingerprint density at radius 1 is 1.07 bits per heavy atom. The third-order valence-corrected chi connectivity index (χ3v) is 5.88. The molecule has 2 aromatic carbocycles. The summed E-state index contributed by atoms with van der Waals surface area (Å²) >= 11 is 0. The largest absolute Gasteiger partial charge is 0.487 e. The van der Waals surface area contributed by atoms with Crippen LogP contribution in [0.3, 0.4) is 0 Å².